The van der Waals surface area contributed by atoms with Gasteiger partial charge in [0.1, 0.15) is 0 Å². The van der Waals surface area contributed by atoms with Crippen LogP contribution < -0.4 is 0 Å². The fraction of sp³-hybridized carbons (Fsp3) is 0.812. The average Bonchev–Trinajstić information content (AvgIpc) is 2.99. The third-order valence-corrected chi connectivity index (χ3v) is 9.02. The molecular weight excluding hydrogens is 362 g/mol. The first-order valence-electron chi connectivity index (χ1n) is 8.96. The quantitative estimate of drug-likeness (QED) is 0.739. The van der Waals surface area contributed by atoms with Crippen molar-refractivity contribution in [2.75, 3.05) is 24.3 Å². The van der Waals surface area contributed by atoms with Gasteiger partial charge in [-0.3, -0.25) is 5.10 Å². The van der Waals surface area contributed by atoms with Crippen LogP contribution in [-0.2, 0) is 39.2 Å². The third-order valence-electron chi connectivity index (χ3n) is 5.35. The number of hydrogen-bond acceptors (Lipinski definition) is 5. The summed E-state index contributed by atoms with van der Waals surface area (Å²) in [5, 5.41) is 7.41. The van der Waals surface area contributed by atoms with Gasteiger partial charge in [-0.25, -0.2) is 16.8 Å². The number of nitrogens with one attached hydrogen (secondary N) is 1. The molecule has 1 unspecified atom stereocenters. The second kappa shape index (κ2) is 7.36. The van der Waals surface area contributed by atoms with Crippen LogP contribution in [0.3, 0.4) is 0 Å². The minimum absolute atomic E-state index is 0.00367. The van der Waals surface area contributed by atoms with E-state index >= 15 is 0 Å². The molecule has 1 aliphatic heterocycles. The molecule has 2 aliphatic rings. The average molecular weight is 390 g/mol. The molecule has 0 radical (unpaired) electrons. The Balaban J connectivity index is 1.60. The van der Waals surface area contributed by atoms with Crippen LogP contribution in [-0.4, -0.2) is 55.6 Å². The predicted molar refractivity (Wildman–Crippen MR) is 96.5 cm³/mol. The van der Waals surface area contributed by atoms with E-state index in [9.17, 15) is 16.8 Å². The molecule has 0 amide bonds. The summed E-state index contributed by atoms with van der Waals surface area (Å²) >= 11 is 0. The number of aromatic amines is 1. The zero-order valence-corrected chi connectivity index (χ0v) is 16.3. The molecule has 0 aromatic carbocycles. The van der Waals surface area contributed by atoms with Gasteiger partial charge in [-0.2, -0.15) is 9.40 Å². The molecule has 7 nitrogen and oxygen atoms in total. The Hall–Kier alpha value is -0.930. The van der Waals surface area contributed by atoms with E-state index in [0.717, 1.165) is 37.1 Å². The molecular formula is C16H27N3O4S2. The van der Waals surface area contributed by atoms with Crippen molar-refractivity contribution < 1.29 is 16.8 Å². The summed E-state index contributed by atoms with van der Waals surface area (Å²) in [6.45, 7) is 0.275. The highest BCUT2D eigenvalue weighted by atomic mass is 32.2. The second-order valence-electron chi connectivity index (χ2n) is 7.32. The lowest BCUT2D eigenvalue weighted by atomic mass is 10.1. The number of nitrogens with zero attached hydrogens (tertiary/aromatic N) is 2. The SMILES string of the molecule is CN(Cc1n[nH]c2c1CCCCC2)S(=O)(=O)CCC1CCS(=O)(=O)C1. The minimum Gasteiger partial charge on any atom is -0.282 e. The summed E-state index contributed by atoms with van der Waals surface area (Å²) in [6.07, 6.45) is 6.38. The Labute approximate surface area is 150 Å². The molecule has 9 heteroatoms. The fourth-order valence-corrected chi connectivity index (χ4v) is 6.91. The molecule has 1 aromatic rings. The third kappa shape index (κ3) is 4.62. The van der Waals surface area contributed by atoms with Crippen LogP contribution in [0.2, 0.25) is 0 Å². The fourth-order valence-electron chi connectivity index (χ4n) is 3.74. The number of rotatable bonds is 6. The summed E-state index contributed by atoms with van der Waals surface area (Å²) in [5.41, 5.74) is 3.15. The predicted octanol–water partition coefficient (Wildman–Crippen LogP) is 1.26. The Morgan fingerprint density at radius 3 is 2.72 bits per heavy atom. The van der Waals surface area contributed by atoms with Gasteiger partial charge >= 0.3 is 0 Å². The largest absolute Gasteiger partial charge is 0.282 e. The van der Waals surface area contributed by atoms with Gasteiger partial charge in [0.25, 0.3) is 0 Å². The molecule has 1 N–H and O–H groups in total. The number of H-pyrrole nitrogens is 1. The van der Waals surface area contributed by atoms with Crippen molar-refractivity contribution in [2.45, 2.75) is 51.5 Å². The van der Waals surface area contributed by atoms with Crippen LogP contribution in [0, 0.1) is 5.92 Å². The first kappa shape index (κ1) is 18.8. The highest BCUT2D eigenvalue weighted by Gasteiger charge is 2.30. The molecule has 1 saturated heterocycles. The summed E-state index contributed by atoms with van der Waals surface area (Å²) in [4.78, 5) is 0. The van der Waals surface area contributed by atoms with Crippen molar-refractivity contribution in [1.82, 2.24) is 14.5 Å². The molecule has 1 aliphatic carbocycles. The number of fused-ring (bicyclic) bond motifs is 1. The van der Waals surface area contributed by atoms with Crippen LogP contribution in [0.5, 0.6) is 0 Å². The maximum absolute atomic E-state index is 12.5. The standard InChI is InChI=1S/C16H27N3O4S2/c1-19(11-16-14-5-3-2-4-6-15(14)17-18-16)25(22,23)10-8-13-7-9-24(20,21)12-13/h13H,2-12H2,1H3,(H,17,18). The van der Waals surface area contributed by atoms with Crippen LogP contribution >= 0.6 is 0 Å². The zero-order chi connectivity index (χ0) is 18.1. The topological polar surface area (TPSA) is 100 Å². The highest BCUT2D eigenvalue weighted by molar-refractivity contribution is 7.91. The van der Waals surface area contributed by atoms with Crippen molar-refractivity contribution in [3.63, 3.8) is 0 Å². The smallest absolute Gasteiger partial charge is 0.214 e. The molecule has 142 valence electrons. The molecule has 3 rings (SSSR count). The molecule has 1 atom stereocenters. The molecule has 2 heterocycles. The van der Waals surface area contributed by atoms with Crippen molar-refractivity contribution in [3.05, 3.63) is 17.0 Å². The van der Waals surface area contributed by atoms with E-state index in [-0.39, 0.29) is 29.7 Å². The van der Waals surface area contributed by atoms with Crippen molar-refractivity contribution in [2.24, 2.45) is 5.92 Å². The van der Waals surface area contributed by atoms with Gasteiger partial charge in [0.05, 0.1) is 29.5 Å². The molecule has 0 saturated carbocycles. The number of hydrogen-bond donors (Lipinski definition) is 1. The Morgan fingerprint density at radius 2 is 2.00 bits per heavy atom. The molecule has 0 bridgehead atoms. The molecule has 1 fully saturated rings. The van der Waals surface area contributed by atoms with Crippen molar-refractivity contribution >= 4 is 19.9 Å². The van der Waals surface area contributed by atoms with Crippen LogP contribution in [0.15, 0.2) is 0 Å². The molecule has 0 spiro atoms. The van der Waals surface area contributed by atoms with Gasteiger partial charge in [0.15, 0.2) is 9.84 Å². The summed E-state index contributed by atoms with van der Waals surface area (Å²) in [5.74, 6) is 0.275. The molecule has 25 heavy (non-hydrogen) atoms. The first-order valence-corrected chi connectivity index (χ1v) is 12.4. The monoisotopic (exact) mass is 389 g/mol. The number of aryl methyl sites for hydroxylation is 1. The van der Waals surface area contributed by atoms with E-state index in [4.69, 9.17) is 0 Å². The lowest BCUT2D eigenvalue weighted by Crippen LogP contribution is -2.30. The van der Waals surface area contributed by atoms with Gasteiger partial charge in [0, 0.05) is 12.7 Å². The van der Waals surface area contributed by atoms with E-state index in [2.05, 4.69) is 10.2 Å². The van der Waals surface area contributed by atoms with Crippen LogP contribution in [0.25, 0.3) is 0 Å². The maximum Gasteiger partial charge on any atom is 0.214 e. The maximum atomic E-state index is 12.5. The number of sulfonamides is 1. The lowest BCUT2D eigenvalue weighted by molar-refractivity contribution is 0.452. The Kier molecular flexibility index (Phi) is 5.55. The van der Waals surface area contributed by atoms with Gasteiger partial charge in [-0.05, 0) is 50.0 Å². The van der Waals surface area contributed by atoms with Gasteiger partial charge < -0.3 is 0 Å². The number of sulfone groups is 1. The summed E-state index contributed by atoms with van der Waals surface area (Å²) in [6, 6.07) is 0. The Bertz CT molecular complexity index is 814. The first-order chi connectivity index (χ1) is 11.8. The normalized spacial score (nSPS) is 23.5. The van der Waals surface area contributed by atoms with Crippen molar-refractivity contribution in [1.29, 1.82) is 0 Å². The number of aromatic nitrogens is 2. The lowest BCUT2D eigenvalue weighted by Gasteiger charge is -2.18. The highest BCUT2D eigenvalue weighted by Crippen LogP contribution is 2.25. The van der Waals surface area contributed by atoms with Crippen LogP contribution in [0.1, 0.15) is 49.1 Å². The van der Waals surface area contributed by atoms with E-state index in [1.165, 1.54) is 16.3 Å². The van der Waals surface area contributed by atoms with E-state index in [0.29, 0.717) is 12.8 Å². The Morgan fingerprint density at radius 1 is 1.24 bits per heavy atom. The van der Waals surface area contributed by atoms with Gasteiger partial charge in [-0.1, -0.05) is 6.42 Å². The van der Waals surface area contributed by atoms with Crippen LogP contribution in [0.4, 0.5) is 0 Å². The van der Waals surface area contributed by atoms with E-state index < -0.39 is 19.9 Å². The van der Waals surface area contributed by atoms with E-state index in [1.54, 1.807) is 7.05 Å². The summed E-state index contributed by atoms with van der Waals surface area (Å²) in [7, 11) is -4.79. The summed E-state index contributed by atoms with van der Waals surface area (Å²) < 4.78 is 49.5. The van der Waals surface area contributed by atoms with Crippen molar-refractivity contribution in [3.8, 4) is 0 Å². The zero-order valence-electron chi connectivity index (χ0n) is 14.7. The second-order valence-corrected chi connectivity index (χ2v) is 11.7. The molecule has 1 aromatic heterocycles. The van der Waals surface area contributed by atoms with Gasteiger partial charge in [0.2, 0.25) is 10.0 Å². The minimum atomic E-state index is -3.41. The van der Waals surface area contributed by atoms with E-state index in [1.807, 2.05) is 0 Å². The van der Waals surface area contributed by atoms with Gasteiger partial charge in [-0.15, -0.1) is 0 Å².